The Kier molecular flexibility index (Phi) is 3.27. The van der Waals surface area contributed by atoms with E-state index in [2.05, 4.69) is 13.8 Å². The molecule has 0 bridgehead atoms. The van der Waals surface area contributed by atoms with Gasteiger partial charge in [-0.15, -0.1) is 0 Å². The number of ether oxygens (including phenoxy) is 1. The predicted molar refractivity (Wildman–Crippen MR) is 64.0 cm³/mol. The van der Waals surface area contributed by atoms with Gasteiger partial charge < -0.3 is 4.74 Å². The van der Waals surface area contributed by atoms with E-state index in [0.717, 1.165) is 6.42 Å². The Hall–Kier alpha value is -0.530. The van der Waals surface area contributed by atoms with Crippen LogP contribution >= 0.6 is 0 Å². The van der Waals surface area contributed by atoms with E-state index in [1.54, 1.807) is 0 Å². The molecular formula is C14H24O2. The lowest BCUT2D eigenvalue weighted by atomic mass is 9.66. The van der Waals surface area contributed by atoms with Crippen LogP contribution in [0, 0.1) is 17.3 Å². The molecule has 1 saturated carbocycles. The molecule has 4 atom stereocenters. The van der Waals surface area contributed by atoms with Crippen molar-refractivity contribution in [2.45, 2.75) is 65.4 Å². The standard InChI is InChI=1S/C14H24O2/c1-4-5-7-14(3)8-6-11-10(2)13(15)16-12(11)9-14/h10-12H,4-9H2,1-3H3/t10-,11-,12+,14-/m1/s1. The second-order valence-electron chi connectivity index (χ2n) is 6.08. The monoisotopic (exact) mass is 224 g/mol. The molecule has 16 heavy (non-hydrogen) atoms. The van der Waals surface area contributed by atoms with Crippen molar-refractivity contribution in [1.82, 2.24) is 0 Å². The minimum Gasteiger partial charge on any atom is -0.462 e. The number of rotatable bonds is 3. The summed E-state index contributed by atoms with van der Waals surface area (Å²) in [7, 11) is 0. The highest BCUT2D eigenvalue weighted by Crippen LogP contribution is 2.48. The number of fused-ring (bicyclic) bond motifs is 1. The summed E-state index contributed by atoms with van der Waals surface area (Å²) in [5.74, 6) is 0.678. The smallest absolute Gasteiger partial charge is 0.309 e. The zero-order valence-electron chi connectivity index (χ0n) is 10.8. The molecule has 1 aliphatic carbocycles. The maximum Gasteiger partial charge on any atom is 0.309 e. The molecule has 0 spiro atoms. The van der Waals surface area contributed by atoms with Crippen molar-refractivity contribution in [3.63, 3.8) is 0 Å². The Labute approximate surface area is 98.7 Å². The zero-order valence-corrected chi connectivity index (χ0v) is 10.8. The molecule has 0 amide bonds. The first kappa shape index (κ1) is 11.9. The lowest BCUT2D eigenvalue weighted by Gasteiger charge is -2.39. The summed E-state index contributed by atoms with van der Waals surface area (Å²) in [6.07, 6.45) is 7.62. The third-order valence-corrected chi connectivity index (χ3v) is 4.67. The van der Waals surface area contributed by atoms with Gasteiger partial charge in [0.25, 0.3) is 0 Å². The first-order valence-electron chi connectivity index (χ1n) is 6.76. The minimum absolute atomic E-state index is 0.0368. The molecule has 2 aliphatic rings. The highest BCUT2D eigenvalue weighted by molar-refractivity contribution is 5.74. The van der Waals surface area contributed by atoms with Crippen LogP contribution in [-0.2, 0) is 9.53 Å². The SMILES string of the molecule is CCCC[C@]1(C)CC[C@H]2[C@H](C1)OC(=O)[C@@H]2C. The number of unbranched alkanes of at least 4 members (excludes halogenated alkanes) is 1. The molecule has 1 heterocycles. The van der Waals surface area contributed by atoms with E-state index in [-0.39, 0.29) is 18.0 Å². The zero-order chi connectivity index (χ0) is 11.8. The van der Waals surface area contributed by atoms with E-state index >= 15 is 0 Å². The first-order valence-corrected chi connectivity index (χ1v) is 6.76. The van der Waals surface area contributed by atoms with Crippen molar-refractivity contribution in [2.75, 3.05) is 0 Å². The van der Waals surface area contributed by atoms with E-state index in [1.165, 1.54) is 32.1 Å². The van der Waals surface area contributed by atoms with Crippen LogP contribution < -0.4 is 0 Å². The minimum atomic E-state index is 0.0368. The number of hydrogen-bond acceptors (Lipinski definition) is 2. The third kappa shape index (κ3) is 2.11. The lowest BCUT2D eigenvalue weighted by molar-refractivity contribution is -0.145. The molecule has 2 nitrogen and oxygen atoms in total. The highest BCUT2D eigenvalue weighted by atomic mass is 16.6. The van der Waals surface area contributed by atoms with Gasteiger partial charge in [-0.05, 0) is 31.1 Å². The molecular weight excluding hydrogens is 200 g/mol. The molecule has 0 aromatic heterocycles. The Bertz CT molecular complexity index is 274. The maximum absolute atomic E-state index is 11.5. The molecule has 2 heteroatoms. The van der Waals surface area contributed by atoms with E-state index < -0.39 is 0 Å². The van der Waals surface area contributed by atoms with Gasteiger partial charge in [-0.25, -0.2) is 0 Å². The van der Waals surface area contributed by atoms with Gasteiger partial charge in [0.05, 0.1) is 5.92 Å². The molecule has 0 aromatic rings. The molecule has 2 rings (SSSR count). The average molecular weight is 224 g/mol. The van der Waals surface area contributed by atoms with E-state index in [4.69, 9.17) is 4.74 Å². The number of esters is 1. The molecule has 92 valence electrons. The van der Waals surface area contributed by atoms with E-state index in [0.29, 0.717) is 11.3 Å². The van der Waals surface area contributed by atoms with Crippen molar-refractivity contribution in [3.8, 4) is 0 Å². The molecule has 1 aliphatic heterocycles. The van der Waals surface area contributed by atoms with Gasteiger partial charge in [-0.3, -0.25) is 4.79 Å². The summed E-state index contributed by atoms with van der Waals surface area (Å²) in [6, 6.07) is 0. The fourth-order valence-corrected chi connectivity index (χ4v) is 3.40. The van der Waals surface area contributed by atoms with Crippen molar-refractivity contribution in [1.29, 1.82) is 0 Å². The van der Waals surface area contributed by atoms with Crippen LogP contribution in [0.1, 0.15) is 59.3 Å². The first-order chi connectivity index (χ1) is 7.56. The molecule has 1 saturated heterocycles. The number of carbonyl (C=O) groups excluding carboxylic acids is 1. The lowest BCUT2D eigenvalue weighted by Crippen LogP contribution is -2.34. The molecule has 0 unspecified atom stereocenters. The van der Waals surface area contributed by atoms with Gasteiger partial charge in [0.1, 0.15) is 6.10 Å². The van der Waals surface area contributed by atoms with Crippen molar-refractivity contribution in [3.05, 3.63) is 0 Å². The van der Waals surface area contributed by atoms with Crippen LogP contribution in [-0.4, -0.2) is 12.1 Å². The number of carbonyl (C=O) groups is 1. The fourth-order valence-electron chi connectivity index (χ4n) is 3.40. The average Bonchev–Trinajstić information content (AvgIpc) is 2.51. The quantitative estimate of drug-likeness (QED) is 0.685. The molecule has 2 fully saturated rings. The highest BCUT2D eigenvalue weighted by Gasteiger charge is 2.48. The van der Waals surface area contributed by atoms with Gasteiger partial charge in [-0.1, -0.05) is 33.6 Å². The van der Waals surface area contributed by atoms with Crippen LogP contribution in [0.3, 0.4) is 0 Å². The van der Waals surface area contributed by atoms with Crippen molar-refractivity contribution >= 4 is 5.97 Å². The Morgan fingerprint density at radius 2 is 2.25 bits per heavy atom. The predicted octanol–water partition coefficient (Wildman–Crippen LogP) is 3.54. The summed E-state index contributed by atoms with van der Waals surface area (Å²) in [5, 5.41) is 0. The van der Waals surface area contributed by atoms with Crippen molar-refractivity contribution < 1.29 is 9.53 Å². The Morgan fingerprint density at radius 1 is 1.50 bits per heavy atom. The Morgan fingerprint density at radius 3 is 2.94 bits per heavy atom. The molecule has 0 radical (unpaired) electrons. The van der Waals surface area contributed by atoms with Crippen molar-refractivity contribution in [2.24, 2.45) is 17.3 Å². The summed E-state index contributed by atoms with van der Waals surface area (Å²) in [4.78, 5) is 11.5. The van der Waals surface area contributed by atoms with E-state index in [1.807, 2.05) is 6.92 Å². The Balaban J connectivity index is 1.98. The largest absolute Gasteiger partial charge is 0.462 e. The topological polar surface area (TPSA) is 26.3 Å². The second-order valence-corrected chi connectivity index (χ2v) is 6.08. The van der Waals surface area contributed by atoms with Crippen LogP contribution in [0.4, 0.5) is 0 Å². The summed E-state index contributed by atoms with van der Waals surface area (Å²) < 4.78 is 5.51. The van der Waals surface area contributed by atoms with Gasteiger partial charge in [0, 0.05) is 5.92 Å². The molecule has 0 aromatic carbocycles. The van der Waals surface area contributed by atoms with Gasteiger partial charge >= 0.3 is 5.97 Å². The van der Waals surface area contributed by atoms with Crippen LogP contribution in [0.5, 0.6) is 0 Å². The van der Waals surface area contributed by atoms with Crippen LogP contribution in [0.25, 0.3) is 0 Å². The van der Waals surface area contributed by atoms with Gasteiger partial charge in [0.2, 0.25) is 0 Å². The van der Waals surface area contributed by atoms with Crippen LogP contribution in [0.15, 0.2) is 0 Å². The van der Waals surface area contributed by atoms with Gasteiger partial charge in [-0.2, -0.15) is 0 Å². The maximum atomic E-state index is 11.5. The summed E-state index contributed by atoms with van der Waals surface area (Å²) >= 11 is 0. The third-order valence-electron chi connectivity index (χ3n) is 4.67. The molecule has 0 N–H and O–H groups in total. The van der Waals surface area contributed by atoms with Gasteiger partial charge in [0.15, 0.2) is 0 Å². The van der Waals surface area contributed by atoms with Crippen LogP contribution in [0.2, 0.25) is 0 Å². The fraction of sp³-hybridized carbons (Fsp3) is 0.929. The normalized spacial score (nSPS) is 42.9. The summed E-state index contributed by atoms with van der Waals surface area (Å²) in [6.45, 7) is 6.64. The second kappa shape index (κ2) is 4.38. The summed E-state index contributed by atoms with van der Waals surface area (Å²) in [5.41, 5.74) is 0.418. The van der Waals surface area contributed by atoms with E-state index in [9.17, 15) is 4.79 Å². The number of hydrogen-bond donors (Lipinski definition) is 0.